The van der Waals surface area contributed by atoms with Gasteiger partial charge in [0.05, 0.1) is 4.90 Å². The van der Waals surface area contributed by atoms with E-state index >= 15 is 0 Å². The molecular formula is C25H27F3N2O2S. The Labute approximate surface area is 193 Å². The van der Waals surface area contributed by atoms with Gasteiger partial charge in [0.1, 0.15) is 6.04 Å². The van der Waals surface area contributed by atoms with Crippen molar-refractivity contribution in [2.45, 2.75) is 44.4 Å². The van der Waals surface area contributed by atoms with Gasteiger partial charge >= 0.3 is 6.18 Å². The molecule has 176 valence electrons. The average Bonchev–Trinajstić information content (AvgIpc) is 2.72. The van der Waals surface area contributed by atoms with Gasteiger partial charge in [0.15, 0.2) is 0 Å². The summed E-state index contributed by atoms with van der Waals surface area (Å²) < 4.78 is 70.4. The van der Waals surface area contributed by atoms with Crippen molar-refractivity contribution in [3.05, 3.63) is 95.1 Å². The molecule has 3 aromatic carbocycles. The molecule has 1 unspecified atom stereocenters. The standard InChI is InChI=1S/C25H27F3N2O2S/c1-18-14-19(2)24(20(3)15-18)33(31,32)29-23(25(26,27)28)17-30(22-12-8-5-9-13-22)16-21-10-6-4-7-11-21/h4-15,23,29H,16-17H2,1-3H3. The van der Waals surface area contributed by atoms with Crippen molar-refractivity contribution in [3.8, 4) is 0 Å². The van der Waals surface area contributed by atoms with Crippen LogP contribution in [0.4, 0.5) is 18.9 Å². The summed E-state index contributed by atoms with van der Waals surface area (Å²) in [5.41, 5.74) is 3.04. The highest BCUT2D eigenvalue weighted by Gasteiger charge is 2.44. The molecule has 0 spiro atoms. The Bertz CT molecular complexity index is 1160. The van der Waals surface area contributed by atoms with E-state index < -0.39 is 28.8 Å². The number of halogens is 3. The molecule has 3 rings (SSSR count). The summed E-state index contributed by atoms with van der Waals surface area (Å²) in [7, 11) is -4.42. The van der Waals surface area contributed by atoms with E-state index in [0.717, 1.165) is 11.1 Å². The normalized spacial score (nSPS) is 13.0. The highest BCUT2D eigenvalue weighted by atomic mass is 32.2. The van der Waals surface area contributed by atoms with Gasteiger partial charge in [-0.2, -0.15) is 17.9 Å². The van der Waals surface area contributed by atoms with Gasteiger partial charge in [0.2, 0.25) is 10.0 Å². The van der Waals surface area contributed by atoms with Crippen molar-refractivity contribution < 1.29 is 21.6 Å². The number of benzene rings is 3. The number of sulfonamides is 1. The van der Waals surface area contributed by atoms with Crippen LogP contribution in [0.2, 0.25) is 0 Å². The lowest BCUT2D eigenvalue weighted by molar-refractivity contribution is -0.149. The summed E-state index contributed by atoms with van der Waals surface area (Å²) in [6, 6.07) is 18.8. The number of nitrogens with zero attached hydrogens (tertiary/aromatic N) is 1. The van der Waals surface area contributed by atoms with E-state index in [2.05, 4.69) is 0 Å². The van der Waals surface area contributed by atoms with Gasteiger partial charge in [-0.25, -0.2) is 8.42 Å². The maximum absolute atomic E-state index is 14.1. The molecule has 3 aromatic rings. The number of aryl methyl sites for hydroxylation is 3. The first-order valence-electron chi connectivity index (χ1n) is 10.5. The lowest BCUT2D eigenvalue weighted by Crippen LogP contribution is -2.52. The topological polar surface area (TPSA) is 49.4 Å². The molecule has 8 heteroatoms. The lowest BCUT2D eigenvalue weighted by Gasteiger charge is -2.31. The van der Waals surface area contributed by atoms with E-state index in [1.807, 2.05) is 42.0 Å². The van der Waals surface area contributed by atoms with Gasteiger partial charge in [0, 0.05) is 18.8 Å². The van der Waals surface area contributed by atoms with E-state index in [4.69, 9.17) is 0 Å². The van der Waals surface area contributed by atoms with Crippen LogP contribution >= 0.6 is 0 Å². The second-order valence-electron chi connectivity index (χ2n) is 8.14. The Kier molecular flexibility index (Phi) is 7.49. The van der Waals surface area contributed by atoms with E-state index in [9.17, 15) is 21.6 Å². The molecule has 0 aliphatic heterocycles. The fourth-order valence-electron chi connectivity index (χ4n) is 3.97. The van der Waals surface area contributed by atoms with E-state index in [0.29, 0.717) is 16.8 Å². The molecule has 0 saturated carbocycles. The van der Waals surface area contributed by atoms with Crippen LogP contribution in [0.1, 0.15) is 22.3 Å². The Morgan fingerprint density at radius 1 is 0.879 bits per heavy atom. The molecule has 1 N–H and O–H groups in total. The maximum atomic E-state index is 14.1. The molecule has 0 saturated heterocycles. The minimum Gasteiger partial charge on any atom is -0.365 e. The van der Waals surface area contributed by atoms with Crippen molar-refractivity contribution in [2.24, 2.45) is 0 Å². The summed E-state index contributed by atoms with van der Waals surface area (Å²) >= 11 is 0. The number of rotatable bonds is 8. The summed E-state index contributed by atoms with van der Waals surface area (Å²) in [6.07, 6.45) is -4.79. The second kappa shape index (κ2) is 9.97. The molecule has 0 aromatic heterocycles. The molecule has 0 bridgehead atoms. The first-order chi connectivity index (χ1) is 15.5. The van der Waals surface area contributed by atoms with Crippen LogP contribution in [-0.4, -0.2) is 27.2 Å². The highest BCUT2D eigenvalue weighted by molar-refractivity contribution is 7.89. The van der Waals surface area contributed by atoms with Crippen LogP contribution in [0.3, 0.4) is 0 Å². The first kappa shape index (κ1) is 24.8. The smallest absolute Gasteiger partial charge is 0.365 e. The van der Waals surface area contributed by atoms with Gasteiger partial charge in [-0.15, -0.1) is 0 Å². The van der Waals surface area contributed by atoms with Crippen molar-refractivity contribution in [1.29, 1.82) is 0 Å². The fraction of sp³-hybridized carbons (Fsp3) is 0.280. The van der Waals surface area contributed by atoms with Gasteiger partial charge in [-0.3, -0.25) is 0 Å². The molecule has 0 radical (unpaired) electrons. The number of nitrogens with one attached hydrogen (secondary N) is 1. The molecule has 33 heavy (non-hydrogen) atoms. The summed E-state index contributed by atoms with van der Waals surface area (Å²) in [6.45, 7) is 4.60. The number of hydrogen-bond donors (Lipinski definition) is 1. The molecule has 0 fully saturated rings. The number of para-hydroxylation sites is 1. The minimum atomic E-state index is -4.79. The zero-order chi connectivity index (χ0) is 24.2. The third-order valence-corrected chi connectivity index (χ3v) is 7.08. The van der Waals surface area contributed by atoms with Crippen LogP contribution in [0.15, 0.2) is 77.7 Å². The van der Waals surface area contributed by atoms with Crippen molar-refractivity contribution in [3.63, 3.8) is 0 Å². The Morgan fingerprint density at radius 3 is 1.91 bits per heavy atom. The van der Waals surface area contributed by atoms with Crippen LogP contribution in [0.25, 0.3) is 0 Å². The predicted molar refractivity (Wildman–Crippen MR) is 125 cm³/mol. The minimum absolute atomic E-state index is 0.114. The van der Waals surface area contributed by atoms with E-state index in [1.54, 1.807) is 56.3 Å². The quantitative estimate of drug-likeness (QED) is 0.465. The monoisotopic (exact) mass is 476 g/mol. The molecule has 0 amide bonds. The number of alkyl halides is 3. The lowest BCUT2D eigenvalue weighted by atomic mass is 10.1. The first-order valence-corrected chi connectivity index (χ1v) is 12.0. The Balaban J connectivity index is 1.96. The van der Waals surface area contributed by atoms with Gasteiger partial charge in [0.25, 0.3) is 0 Å². The number of hydrogen-bond acceptors (Lipinski definition) is 3. The summed E-state index contributed by atoms with van der Waals surface area (Å²) in [4.78, 5) is 1.42. The Hall–Kier alpha value is -2.84. The predicted octanol–water partition coefficient (Wildman–Crippen LogP) is 5.53. The van der Waals surface area contributed by atoms with E-state index in [-0.39, 0.29) is 11.4 Å². The summed E-state index contributed by atoms with van der Waals surface area (Å²) in [5.74, 6) is 0. The molecular weight excluding hydrogens is 449 g/mol. The van der Waals surface area contributed by atoms with Crippen molar-refractivity contribution in [2.75, 3.05) is 11.4 Å². The molecule has 1 atom stereocenters. The molecule has 0 aliphatic rings. The molecule has 0 heterocycles. The van der Waals surface area contributed by atoms with E-state index in [1.165, 1.54) is 4.90 Å². The fourth-order valence-corrected chi connectivity index (χ4v) is 5.63. The van der Waals surface area contributed by atoms with Crippen LogP contribution in [-0.2, 0) is 16.6 Å². The van der Waals surface area contributed by atoms with Crippen LogP contribution in [0.5, 0.6) is 0 Å². The van der Waals surface area contributed by atoms with Crippen LogP contribution < -0.4 is 9.62 Å². The zero-order valence-corrected chi connectivity index (χ0v) is 19.5. The van der Waals surface area contributed by atoms with Crippen molar-refractivity contribution in [1.82, 2.24) is 4.72 Å². The average molecular weight is 477 g/mol. The number of anilines is 1. The molecule has 0 aliphatic carbocycles. The highest BCUT2D eigenvalue weighted by Crippen LogP contribution is 2.28. The van der Waals surface area contributed by atoms with Gasteiger partial charge in [-0.1, -0.05) is 66.2 Å². The zero-order valence-electron chi connectivity index (χ0n) is 18.7. The SMILES string of the molecule is Cc1cc(C)c(S(=O)(=O)NC(CN(Cc2ccccc2)c2ccccc2)C(F)(F)F)c(C)c1. The Morgan fingerprint density at radius 2 is 1.39 bits per heavy atom. The maximum Gasteiger partial charge on any atom is 0.406 e. The van der Waals surface area contributed by atoms with Gasteiger partial charge < -0.3 is 4.90 Å². The third kappa shape index (κ3) is 6.36. The second-order valence-corrected chi connectivity index (χ2v) is 9.80. The summed E-state index contributed by atoms with van der Waals surface area (Å²) in [5, 5.41) is 0. The largest absolute Gasteiger partial charge is 0.406 e. The third-order valence-electron chi connectivity index (χ3n) is 5.31. The molecule has 4 nitrogen and oxygen atoms in total. The van der Waals surface area contributed by atoms with Gasteiger partial charge in [-0.05, 0) is 49.6 Å². The van der Waals surface area contributed by atoms with Crippen molar-refractivity contribution >= 4 is 15.7 Å². The van der Waals surface area contributed by atoms with Crippen LogP contribution in [0, 0.1) is 20.8 Å².